The standard InChI is InChI=1S/C16H20N2O/c17-15-8-6-13(7-9-15)10-11-18-16(19)12-14-4-2-1-3-5-14/h1-9,16,18-19H,10-12,17H2/t16-/m1/s1. The summed E-state index contributed by atoms with van der Waals surface area (Å²) in [4.78, 5) is 0. The van der Waals surface area contributed by atoms with Crippen molar-refractivity contribution < 1.29 is 5.11 Å². The van der Waals surface area contributed by atoms with Gasteiger partial charge in [-0.1, -0.05) is 42.5 Å². The number of nitrogens with one attached hydrogen (secondary N) is 1. The van der Waals surface area contributed by atoms with Gasteiger partial charge in [-0.2, -0.15) is 0 Å². The van der Waals surface area contributed by atoms with Crippen LogP contribution >= 0.6 is 0 Å². The first-order valence-corrected chi connectivity index (χ1v) is 6.54. The van der Waals surface area contributed by atoms with Gasteiger partial charge in [0, 0.05) is 18.7 Å². The van der Waals surface area contributed by atoms with Crippen molar-refractivity contribution in [1.82, 2.24) is 5.32 Å². The van der Waals surface area contributed by atoms with E-state index < -0.39 is 6.23 Å². The third-order valence-electron chi connectivity index (χ3n) is 3.05. The predicted molar refractivity (Wildman–Crippen MR) is 78.7 cm³/mol. The molecule has 0 aliphatic carbocycles. The van der Waals surface area contributed by atoms with E-state index in [2.05, 4.69) is 5.32 Å². The summed E-state index contributed by atoms with van der Waals surface area (Å²) in [5, 5.41) is 13.0. The maximum Gasteiger partial charge on any atom is 0.108 e. The van der Waals surface area contributed by atoms with E-state index in [1.54, 1.807) is 0 Å². The van der Waals surface area contributed by atoms with Crippen molar-refractivity contribution in [2.45, 2.75) is 19.1 Å². The van der Waals surface area contributed by atoms with Crippen molar-refractivity contribution in [2.24, 2.45) is 0 Å². The van der Waals surface area contributed by atoms with E-state index in [1.165, 1.54) is 5.56 Å². The van der Waals surface area contributed by atoms with Crippen LogP contribution in [0.3, 0.4) is 0 Å². The normalized spacial score (nSPS) is 12.3. The molecule has 2 rings (SSSR count). The molecule has 19 heavy (non-hydrogen) atoms. The van der Waals surface area contributed by atoms with Crippen LogP contribution in [0.2, 0.25) is 0 Å². The van der Waals surface area contributed by atoms with E-state index in [9.17, 15) is 5.11 Å². The molecule has 100 valence electrons. The summed E-state index contributed by atoms with van der Waals surface area (Å²) in [7, 11) is 0. The third-order valence-corrected chi connectivity index (χ3v) is 3.05. The van der Waals surface area contributed by atoms with Crippen molar-refractivity contribution >= 4 is 5.69 Å². The molecule has 0 aromatic heterocycles. The molecule has 0 saturated heterocycles. The summed E-state index contributed by atoms with van der Waals surface area (Å²) in [6.07, 6.45) is 1.01. The van der Waals surface area contributed by atoms with Crippen LogP contribution in [0.15, 0.2) is 54.6 Å². The lowest BCUT2D eigenvalue weighted by Gasteiger charge is -2.13. The molecule has 3 heteroatoms. The average molecular weight is 256 g/mol. The third kappa shape index (κ3) is 4.73. The Bertz CT molecular complexity index is 482. The number of aliphatic hydroxyl groups is 1. The number of nitrogens with two attached hydrogens (primary N) is 1. The molecule has 0 heterocycles. The molecule has 0 bridgehead atoms. The Morgan fingerprint density at radius 3 is 2.32 bits per heavy atom. The van der Waals surface area contributed by atoms with Gasteiger partial charge in [-0.25, -0.2) is 0 Å². The van der Waals surface area contributed by atoms with E-state index in [0.29, 0.717) is 6.42 Å². The van der Waals surface area contributed by atoms with Crippen molar-refractivity contribution in [3.05, 3.63) is 65.7 Å². The molecule has 2 aromatic carbocycles. The largest absolute Gasteiger partial charge is 0.399 e. The number of hydrogen-bond donors (Lipinski definition) is 3. The molecule has 0 aliphatic heterocycles. The lowest BCUT2D eigenvalue weighted by atomic mass is 10.1. The first-order chi connectivity index (χ1) is 9.24. The fourth-order valence-electron chi connectivity index (χ4n) is 1.98. The zero-order valence-corrected chi connectivity index (χ0v) is 10.9. The number of rotatable bonds is 6. The molecule has 0 fully saturated rings. The van der Waals surface area contributed by atoms with Crippen molar-refractivity contribution in [3.8, 4) is 0 Å². The van der Waals surface area contributed by atoms with Gasteiger partial charge in [0.25, 0.3) is 0 Å². The van der Waals surface area contributed by atoms with Gasteiger partial charge < -0.3 is 10.8 Å². The minimum atomic E-state index is -0.504. The lowest BCUT2D eigenvalue weighted by molar-refractivity contribution is 0.138. The summed E-state index contributed by atoms with van der Waals surface area (Å²) < 4.78 is 0. The number of hydrogen-bond acceptors (Lipinski definition) is 3. The molecule has 0 unspecified atom stereocenters. The van der Waals surface area contributed by atoms with Gasteiger partial charge >= 0.3 is 0 Å². The number of nitrogen functional groups attached to an aromatic ring is 1. The van der Waals surface area contributed by atoms with E-state index in [-0.39, 0.29) is 0 Å². The Hall–Kier alpha value is -1.84. The maximum absolute atomic E-state index is 9.89. The maximum atomic E-state index is 9.89. The Kier molecular flexibility index (Phi) is 4.95. The molecular weight excluding hydrogens is 236 g/mol. The lowest BCUT2D eigenvalue weighted by Crippen LogP contribution is -2.32. The van der Waals surface area contributed by atoms with Crippen LogP contribution < -0.4 is 11.1 Å². The summed E-state index contributed by atoms with van der Waals surface area (Å²) in [5.41, 5.74) is 8.76. The Labute approximate surface area is 114 Å². The quantitative estimate of drug-likeness (QED) is 0.547. The molecular formula is C16H20N2O. The second-order valence-corrected chi connectivity index (χ2v) is 4.65. The predicted octanol–water partition coefficient (Wildman–Crippen LogP) is 1.96. The number of anilines is 1. The highest BCUT2D eigenvalue weighted by atomic mass is 16.3. The molecule has 2 aromatic rings. The smallest absolute Gasteiger partial charge is 0.108 e. The molecule has 1 atom stereocenters. The summed E-state index contributed by atoms with van der Waals surface area (Å²) >= 11 is 0. The van der Waals surface area contributed by atoms with Gasteiger partial charge in [0.15, 0.2) is 0 Å². The first kappa shape index (κ1) is 13.6. The molecule has 0 saturated carbocycles. The second kappa shape index (κ2) is 6.92. The zero-order valence-electron chi connectivity index (χ0n) is 10.9. The van der Waals surface area contributed by atoms with Crippen LogP contribution in [0.5, 0.6) is 0 Å². The fraction of sp³-hybridized carbons (Fsp3) is 0.250. The Balaban J connectivity index is 1.72. The van der Waals surface area contributed by atoms with E-state index in [4.69, 9.17) is 5.73 Å². The van der Waals surface area contributed by atoms with E-state index in [1.807, 2.05) is 54.6 Å². The van der Waals surface area contributed by atoms with E-state index in [0.717, 1.165) is 24.2 Å². The minimum absolute atomic E-state index is 0.504. The van der Waals surface area contributed by atoms with Crippen LogP contribution in [0.4, 0.5) is 5.69 Å². The van der Waals surface area contributed by atoms with Crippen LogP contribution in [-0.2, 0) is 12.8 Å². The summed E-state index contributed by atoms with van der Waals surface area (Å²) in [5.74, 6) is 0. The Morgan fingerprint density at radius 2 is 1.63 bits per heavy atom. The molecule has 0 radical (unpaired) electrons. The van der Waals surface area contributed by atoms with Crippen molar-refractivity contribution in [1.29, 1.82) is 0 Å². The molecule has 4 N–H and O–H groups in total. The topological polar surface area (TPSA) is 58.3 Å². The highest BCUT2D eigenvalue weighted by Gasteiger charge is 2.03. The van der Waals surface area contributed by atoms with Gasteiger partial charge in [-0.3, -0.25) is 5.32 Å². The van der Waals surface area contributed by atoms with Crippen molar-refractivity contribution in [3.63, 3.8) is 0 Å². The van der Waals surface area contributed by atoms with Gasteiger partial charge in [-0.05, 0) is 29.7 Å². The average Bonchev–Trinajstić information content (AvgIpc) is 2.42. The Morgan fingerprint density at radius 1 is 0.947 bits per heavy atom. The first-order valence-electron chi connectivity index (χ1n) is 6.54. The van der Waals surface area contributed by atoms with Crippen molar-refractivity contribution in [2.75, 3.05) is 12.3 Å². The van der Waals surface area contributed by atoms with Gasteiger partial charge in [0.1, 0.15) is 6.23 Å². The van der Waals surface area contributed by atoms with Crippen LogP contribution in [0.1, 0.15) is 11.1 Å². The number of benzene rings is 2. The molecule has 0 aliphatic rings. The zero-order chi connectivity index (χ0) is 13.5. The highest BCUT2D eigenvalue weighted by molar-refractivity contribution is 5.39. The van der Waals surface area contributed by atoms with Crippen LogP contribution in [0, 0.1) is 0 Å². The fourth-order valence-corrected chi connectivity index (χ4v) is 1.98. The van der Waals surface area contributed by atoms with E-state index >= 15 is 0 Å². The van der Waals surface area contributed by atoms with Crippen LogP contribution in [0.25, 0.3) is 0 Å². The minimum Gasteiger partial charge on any atom is -0.399 e. The molecule has 0 amide bonds. The van der Waals surface area contributed by atoms with Gasteiger partial charge in [0.05, 0.1) is 0 Å². The number of aliphatic hydroxyl groups excluding tert-OH is 1. The highest BCUT2D eigenvalue weighted by Crippen LogP contribution is 2.06. The monoisotopic (exact) mass is 256 g/mol. The molecule has 3 nitrogen and oxygen atoms in total. The second-order valence-electron chi connectivity index (χ2n) is 4.65. The van der Waals surface area contributed by atoms with Crippen LogP contribution in [-0.4, -0.2) is 17.9 Å². The summed E-state index contributed by atoms with van der Waals surface area (Å²) in [6.45, 7) is 0.748. The summed E-state index contributed by atoms with van der Waals surface area (Å²) in [6, 6.07) is 17.8. The molecule has 0 spiro atoms. The SMILES string of the molecule is Nc1ccc(CCN[C@H](O)Cc2ccccc2)cc1. The van der Waals surface area contributed by atoms with Gasteiger partial charge in [0.2, 0.25) is 0 Å². The van der Waals surface area contributed by atoms with Gasteiger partial charge in [-0.15, -0.1) is 0 Å².